The Morgan fingerprint density at radius 3 is 2.76 bits per heavy atom. The van der Waals surface area contributed by atoms with Crippen LogP contribution in [0.4, 0.5) is 8.78 Å². The highest BCUT2D eigenvalue weighted by molar-refractivity contribution is 5.95. The van der Waals surface area contributed by atoms with E-state index in [1.807, 2.05) is 18.2 Å². The number of halogens is 2. The van der Waals surface area contributed by atoms with Gasteiger partial charge in [0.15, 0.2) is 12.1 Å². The van der Waals surface area contributed by atoms with E-state index in [9.17, 15) is 13.6 Å². The van der Waals surface area contributed by atoms with E-state index >= 15 is 0 Å². The Hall–Kier alpha value is -2.04. The van der Waals surface area contributed by atoms with Crippen LogP contribution in [0.2, 0.25) is 0 Å². The van der Waals surface area contributed by atoms with Gasteiger partial charge in [0.1, 0.15) is 12.4 Å². The molecule has 0 aliphatic heterocycles. The molecule has 3 aromatic rings. The average molecular weight is 235 g/mol. The van der Waals surface area contributed by atoms with Crippen molar-refractivity contribution in [2.24, 2.45) is 0 Å². The Kier molecular flexibility index (Phi) is 2.07. The predicted molar refractivity (Wildman–Crippen MR) is 58.6 cm³/mol. The van der Waals surface area contributed by atoms with Crippen LogP contribution in [0, 0.1) is 0 Å². The van der Waals surface area contributed by atoms with Gasteiger partial charge in [0.05, 0.1) is 5.39 Å². The molecular formula is C12H9F2N2O+. The lowest BCUT2D eigenvalue weighted by molar-refractivity contribution is -0.721. The second kappa shape index (κ2) is 3.48. The molecule has 1 aromatic carbocycles. The normalized spacial score (nSPS) is 11.9. The van der Waals surface area contributed by atoms with Crippen molar-refractivity contribution in [3.05, 3.63) is 47.1 Å². The highest BCUT2D eigenvalue weighted by atomic mass is 19.3. The van der Waals surface area contributed by atoms with E-state index in [1.54, 1.807) is 12.3 Å². The lowest BCUT2D eigenvalue weighted by Crippen LogP contribution is -2.54. The van der Waals surface area contributed by atoms with Gasteiger partial charge in [-0.3, -0.25) is 0 Å². The van der Waals surface area contributed by atoms with Crippen molar-refractivity contribution < 1.29 is 13.3 Å². The molecule has 5 heteroatoms. The third kappa shape index (κ3) is 1.46. The van der Waals surface area contributed by atoms with Crippen LogP contribution in [0.25, 0.3) is 16.3 Å². The number of benzene rings is 1. The van der Waals surface area contributed by atoms with Gasteiger partial charge in [0.2, 0.25) is 0 Å². The summed E-state index contributed by atoms with van der Waals surface area (Å²) in [6.07, 6.45) is 0.560. The van der Waals surface area contributed by atoms with Gasteiger partial charge in [0, 0.05) is 5.39 Å². The molecule has 0 aliphatic carbocycles. The first-order valence-electron chi connectivity index (χ1n) is 5.21. The SMILES string of the molecule is O=c1n2ccc3cccc(c[n+]1CC(F)F)c32. The van der Waals surface area contributed by atoms with E-state index in [0.29, 0.717) is 0 Å². The van der Waals surface area contributed by atoms with Crippen LogP contribution < -0.4 is 10.3 Å². The lowest BCUT2D eigenvalue weighted by atomic mass is 10.2. The zero-order valence-electron chi connectivity index (χ0n) is 8.81. The number of hydrogen-bond donors (Lipinski definition) is 0. The second-order valence-electron chi connectivity index (χ2n) is 3.93. The third-order valence-corrected chi connectivity index (χ3v) is 2.82. The van der Waals surface area contributed by atoms with E-state index in [2.05, 4.69) is 0 Å². The minimum atomic E-state index is -2.54. The fraction of sp³-hybridized carbons (Fsp3) is 0.167. The van der Waals surface area contributed by atoms with Crippen molar-refractivity contribution in [3.63, 3.8) is 0 Å². The monoisotopic (exact) mass is 235 g/mol. The summed E-state index contributed by atoms with van der Waals surface area (Å²) in [6, 6.07) is 7.34. The molecule has 3 rings (SSSR count). The van der Waals surface area contributed by atoms with Crippen molar-refractivity contribution in [2.45, 2.75) is 13.0 Å². The zero-order valence-corrected chi connectivity index (χ0v) is 8.81. The van der Waals surface area contributed by atoms with Crippen molar-refractivity contribution in [2.75, 3.05) is 0 Å². The molecule has 0 radical (unpaired) electrons. The third-order valence-electron chi connectivity index (χ3n) is 2.82. The number of alkyl halides is 2. The topological polar surface area (TPSA) is 25.4 Å². The van der Waals surface area contributed by atoms with Gasteiger partial charge in [-0.25, -0.2) is 8.78 Å². The Balaban J connectivity index is 2.39. The minimum absolute atomic E-state index is 0.431. The molecule has 0 N–H and O–H groups in total. The van der Waals surface area contributed by atoms with E-state index in [4.69, 9.17) is 0 Å². The standard InChI is InChI=1S/C12H9F2N2O/c13-10(14)7-15-6-9-3-1-2-8-4-5-16(11(8)9)12(15)17/h1-6,10H,7H2/q+1. The Morgan fingerprint density at radius 2 is 2.00 bits per heavy atom. The van der Waals surface area contributed by atoms with Gasteiger partial charge in [-0.15, -0.1) is 0 Å². The van der Waals surface area contributed by atoms with Gasteiger partial charge >= 0.3 is 5.69 Å². The molecule has 3 nitrogen and oxygen atoms in total. The molecule has 86 valence electrons. The average Bonchev–Trinajstić information content (AvgIpc) is 2.70. The largest absolute Gasteiger partial charge is 0.503 e. The number of aromatic nitrogens is 2. The highest BCUT2D eigenvalue weighted by Gasteiger charge is 2.18. The van der Waals surface area contributed by atoms with Crippen LogP contribution in [0.3, 0.4) is 0 Å². The van der Waals surface area contributed by atoms with Gasteiger partial charge in [-0.1, -0.05) is 12.1 Å². The highest BCUT2D eigenvalue weighted by Crippen LogP contribution is 2.18. The maximum Gasteiger partial charge on any atom is 0.503 e. The van der Waals surface area contributed by atoms with E-state index < -0.39 is 18.7 Å². The summed E-state index contributed by atoms with van der Waals surface area (Å²) < 4.78 is 27.2. The van der Waals surface area contributed by atoms with Gasteiger partial charge in [-0.2, -0.15) is 13.8 Å². The van der Waals surface area contributed by atoms with Crippen LogP contribution in [0.5, 0.6) is 0 Å². The molecule has 0 atom stereocenters. The predicted octanol–water partition coefficient (Wildman–Crippen LogP) is 1.44. The first-order valence-corrected chi connectivity index (χ1v) is 5.21. The summed E-state index contributed by atoms with van der Waals surface area (Å²) >= 11 is 0. The quantitative estimate of drug-likeness (QED) is 0.617. The number of para-hydroxylation sites is 1. The molecule has 2 heterocycles. The van der Waals surface area contributed by atoms with E-state index in [1.165, 1.54) is 10.6 Å². The van der Waals surface area contributed by atoms with Crippen molar-refractivity contribution in [3.8, 4) is 0 Å². The second-order valence-corrected chi connectivity index (χ2v) is 3.93. The Labute approximate surface area is 94.9 Å². The fourth-order valence-corrected chi connectivity index (χ4v) is 2.13. The molecule has 0 spiro atoms. The van der Waals surface area contributed by atoms with Crippen LogP contribution in [0.15, 0.2) is 41.5 Å². The molecule has 0 bridgehead atoms. The first-order chi connectivity index (χ1) is 8.16. The van der Waals surface area contributed by atoms with Crippen molar-refractivity contribution in [1.29, 1.82) is 0 Å². The summed E-state index contributed by atoms with van der Waals surface area (Å²) in [5.74, 6) is 0. The molecule has 17 heavy (non-hydrogen) atoms. The van der Waals surface area contributed by atoms with E-state index in [-0.39, 0.29) is 0 Å². The molecule has 0 saturated heterocycles. The van der Waals surface area contributed by atoms with Crippen molar-refractivity contribution >= 4 is 16.3 Å². The van der Waals surface area contributed by atoms with E-state index in [0.717, 1.165) is 20.9 Å². The molecule has 0 aliphatic rings. The first kappa shape index (κ1) is 10.1. The van der Waals surface area contributed by atoms with Crippen LogP contribution in [0.1, 0.15) is 0 Å². The van der Waals surface area contributed by atoms with Gasteiger partial charge in [0.25, 0.3) is 6.43 Å². The zero-order chi connectivity index (χ0) is 12.0. The smallest absolute Gasteiger partial charge is 0.206 e. The fourth-order valence-electron chi connectivity index (χ4n) is 2.13. The summed E-state index contributed by atoms with van der Waals surface area (Å²) in [5, 5.41) is 1.72. The number of nitrogens with zero attached hydrogens (tertiary/aromatic N) is 2. The molecule has 0 unspecified atom stereocenters. The van der Waals surface area contributed by atoms with Crippen LogP contribution in [-0.2, 0) is 6.54 Å². The Bertz CT molecular complexity index is 736. The lowest BCUT2D eigenvalue weighted by Gasteiger charge is -2.00. The molecular weight excluding hydrogens is 226 g/mol. The van der Waals surface area contributed by atoms with Crippen molar-refractivity contribution in [1.82, 2.24) is 4.40 Å². The number of hydrogen-bond acceptors (Lipinski definition) is 1. The summed E-state index contributed by atoms with van der Waals surface area (Å²) in [7, 11) is 0. The molecule has 0 fully saturated rings. The maximum absolute atomic E-state index is 12.4. The van der Waals surface area contributed by atoms with Gasteiger partial charge in [-0.05, 0) is 12.1 Å². The summed E-state index contributed by atoms with van der Waals surface area (Å²) in [5.41, 5.74) is 0.349. The number of rotatable bonds is 2. The molecule has 0 amide bonds. The maximum atomic E-state index is 12.4. The Morgan fingerprint density at radius 1 is 1.24 bits per heavy atom. The molecule has 2 aromatic heterocycles. The van der Waals surface area contributed by atoms with Gasteiger partial charge < -0.3 is 0 Å². The summed E-state index contributed by atoms with van der Waals surface area (Å²) in [6.45, 7) is -0.577. The van der Waals surface area contributed by atoms with Crippen LogP contribution >= 0.6 is 0 Å². The minimum Gasteiger partial charge on any atom is -0.206 e. The molecule has 0 saturated carbocycles. The summed E-state index contributed by atoms with van der Waals surface area (Å²) in [4.78, 5) is 11.9. The van der Waals surface area contributed by atoms with Crippen LogP contribution in [-0.4, -0.2) is 10.8 Å².